The number of anilines is 2. The Morgan fingerprint density at radius 3 is 2.68 bits per heavy atom. The minimum Gasteiger partial charge on any atom is -0.378 e. The monoisotopic (exact) mass is 261 g/mol. The number of hydrogen-bond acceptors (Lipinski definition) is 3. The van der Waals surface area contributed by atoms with E-state index in [0.717, 1.165) is 30.9 Å². The molecule has 0 radical (unpaired) electrons. The van der Waals surface area contributed by atoms with Crippen molar-refractivity contribution in [3.05, 3.63) is 24.3 Å². The molecule has 0 aromatic heterocycles. The lowest BCUT2D eigenvalue weighted by Gasteiger charge is -2.22. The highest BCUT2D eigenvalue weighted by molar-refractivity contribution is 5.91. The van der Waals surface area contributed by atoms with Crippen LogP contribution in [-0.4, -0.2) is 33.1 Å². The zero-order chi connectivity index (χ0) is 13.7. The van der Waals surface area contributed by atoms with Crippen LogP contribution in [0.25, 0.3) is 0 Å². The summed E-state index contributed by atoms with van der Waals surface area (Å²) in [5.74, 6) is 0.598. The first kappa shape index (κ1) is 13.9. The molecule has 104 valence electrons. The Labute approximate surface area is 115 Å². The summed E-state index contributed by atoms with van der Waals surface area (Å²) < 4.78 is 0. The molecule has 1 aromatic carbocycles. The molecular weight excluding hydrogens is 238 g/mol. The molecule has 0 aliphatic carbocycles. The maximum Gasteiger partial charge on any atom is 0.224 e. The molecule has 1 amide bonds. The Morgan fingerprint density at radius 2 is 2.11 bits per heavy atom. The highest BCUT2D eigenvalue weighted by atomic mass is 16.1. The van der Waals surface area contributed by atoms with Gasteiger partial charge in [0.2, 0.25) is 5.91 Å². The van der Waals surface area contributed by atoms with Gasteiger partial charge in [-0.15, -0.1) is 0 Å². The molecule has 0 bridgehead atoms. The van der Waals surface area contributed by atoms with E-state index < -0.39 is 0 Å². The molecule has 0 spiro atoms. The van der Waals surface area contributed by atoms with E-state index in [0.29, 0.717) is 12.3 Å². The Kier molecular flexibility index (Phi) is 4.80. The molecule has 4 nitrogen and oxygen atoms in total. The van der Waals surface area contributed by atoms with E-state index in [-0.39, 0.29) is 5.91 Å². The molecule has 4 heteroatoms. The number of carbonyl (C=O) groups is 1. The Balaban J connectivity index is 1.84. The second kappa shape index (κ2) is 6.57. The van der Waals surface area contributed by atoms with Crippen LogP contribution in [0.2, 0.25) is 0 Å². The normalized spacial score (nSPS) is 18.9. The molecule has 1 aromatic rings. The second-order valence-electron chi connectivity index (χ2n) is 5.41. The molecule has 2 rings (SSSR count). The molecule has 1 unspecified atom stereocenters. The van der Waals surface area contributed by atoms with Gasteiger partial charge in [-0.3, -0.25) is 4.79 Å². The first-order valence-electron chi connectivity index (χ1n) is 6.93. The molecule has 1 atom stereocenters. The number of nitrogens with one attached hydrogen (secondary N) is 2. The van der Waals surface area contributed by atoms with E-state index in [9.17, 15) is 4.79 Å². The van der Waals surface area contributed by atoms with Crippen molar-refractivity contribution in [3.8, 4) is 0 Å². The standard InChI is InChI=1S/C15H23N3O/c1-18(2)14-7-5-13(6-8-14)17-15(19)10-12-4-3-9-16-11-12/h5-8,12,16H,3-4,9-11H2,1-2H3,(H,17,19). The lowest BCUT2D eigenvalue weighted by atomic mass is 9.96. The first-order valence-corrected chi connectivity index (χ1v) is 6.93. The second-order valence-corrected chi connectivity index (χ2v) is 5.41. The summed E-state index contributed by atoms with van der Waals surface area (Å²) in [4.78, 5) is 14.0. The van der Waals surface area contributed by atoms with Gasteiger partial charge >= 0.3 is 0 Å². The SMILES string of the molecule is CN(C)c1ccc(NC(=O)CC2CCCNC2)cc1. The van der Waals surface area contributed by atoms with Crippen LogP contribution >= 0.6 is 0 Å². The predicted molar refractivity (Wildman–Crippen MR) is 79.6 cm³/mol. The summed E-state index contributed by atoms with van der Waals surface area (Å²) in [7, 11) is 4.01. The number of piperidine rings is 1. The molecular formula is C15H23N3O. The summed E-state index contributed by atoms with van der Waals surface area (Å²) in [6.07, 6.45) is 2.94. The molecule has 1 fully saturated rings. The van der Waals surface area contributed by atoms with E-state index in [1.807, 2.05) is 43.3 Å². The predicted octanol–water partition coefficient (Wildman–Crippen LogP) is 2.08. The molecule has 2 N–H and O–H groups in total. The van der Waals surface area contributed by atoms with Crippen molar-refractivity contribution in [2.24, 2.45) is 5.92 Å². The third-order valence-electron chi connectivity index (χ3n) is 3.54. The van der Waals surface area contributed by atoms with Crippen molar-refractivity contribution in [1.29, 1.82) is 0 Å². The van der Waals surface area contributed by atoms with Crippen molar-refractivity contribution in [2.75, 3.05) is 37.4 Å². The summed E-state index contributed by atoms with van der Waals surface area (Å²) in [6, 6.07) is 7.92. The van der Waals surface area contributed by atoms with Crippen LogP contribution in [-0.2, 0) is 4.79 Å². The Hall–Kier alpha value is -1.55. The number of amides is 1. The van der Waals surface area contributed by atoms with Crippen LogP contribution in [0.1, 0.15) is 19.3 Å². The van der Waals surface area contributed by atoms with Gasteiger partial charge in [-0.25, -0.2) is 0 Å². The van der Waals surface area contributed by atoms with Gasteiger partial charge in [-0.05, 0) is 56.1 Å². The first-order chi connectivity index (χ1) is 9.15. The number of nitrogens with zero attached hydrogens (tertiary/aromatic N) is 1. The molecule has 1 heterocycles. The number of hydrogen-bond donors (Lipinski definition) is 2. The van der Waals surface area contributed by atoms with E-state index in [1.165, 1.54) is 6.42 Å². The fourth-order valence-corrected chi connectivity index (χ4v) is 2.42. The topological polar surface area (TPSA) is 44.4 Å². The molecule has 19 heavy (non-hydrogen) atoms. The highest BCUT2D eigenvalue weighted by Crippen LogP contribution is 2.18. The zero-order valence-electron chi connectivity index (χ0n) is 11.8. The Bertz CT molecular complexity index is 408. The molecule has 0 saturated carbocycles. The lowest BCUT2D eigenvalue weighted by molar-refractivity contribution is -0.117. The number of rotatable bonds is 4. The van der Waals surface area contributed by atoms with Gasteiger partial charge in [0.25, 0.3) is 0 Å². The van der Waals surface area contributed by atoms with Crippen LogP contribution in [0.4, 0.5) is 11.4 Å². The van der Waals surface area contributed by atoms with Crippen molar-refractivity contribution in [1.82, 2.24) is 5.32 Å². The zero-order valence-corrected chi connectivity index (χ0v) is 11.8. The summed E-state index contributed by atoms with van der Waals surface area (Å²) in [6.45, 7) is 2.05. The average molecular weight is 261 g/mol. The largest absolute Gasteiger partial charge is 0.378 e. The third-order valence-corrected chi connectivity index (χ3v) is 3.54. The summed E-state index contributed by atoms with van der Waals surface area (Å²) in [5, 5.41) is 6.31. The van der Waals surface area contributed by atoms with Crippen LogP contribution in [0.5, 0.6) is 0 Å². The number of carbonyl (C=O) groups excluding carboxylic acids is 1. The quantitative estimate of drug-likeness (QED) is 0.872. The van der Waals surface area contributed by atoms with Crippen molar-refractivity contribution in [2.45, 2.75) is 19.3 Å². The fraction of sp³-hybridized carbons (Fsp3) is 0.533. The van der Waals surface area contributed by atoms with Gasteiger partial charge in [-0.2, -0.15) is 0 Å². The maximum atomic E-state index is 12.0. The highest BCUT2D eigenvalue weighted by Gasteiger charge is 2.16. The van der Waals surface area contributed by atoms with E-state index in [2.05, 4.69) is 10.6 Å². The van der Waals surface area contributed by atoms with Gasteiger partial charge in [0.1, 0.15) is 0 Å². The van der Waals surface area contributed by atoms with Crippen LogP contribution in [0.15, 0.2) is 24.3 Å². The molecule has 1 aliphatic rings. The van der Waals surface area contributed by atoms with Crippen molar-refractivity contribution in [3.63, 3.8) is 0 Å². The van der Waals surface area contributed by atoms with Crippen LogP contribution < -0.4 is 15.5 Å². The minimum absolute atomic E-state index is 0.117. The molecule has 1 saturated heterocycles. The van der Waals surface area contributed by atoms with Crippen LogP contribution in [0.3, 0.4) is 0 Å². The van der Waals surface area contributed by atoms with E-state index in [4.69, 9.17) is 0 Å². The van der Waals surface area contributed by atoms with E-state index >= 15 is 0 Å². The third kappa shape index (κ3) is 4.24. The van der Waals surface area contributed by atoms with Gasteiger partial charge in [0.05, 0.1) is 0 Å². The van der Waals surface area contributed by atoms with Gasteiger partial charge in [0, 0.05) is 31.9 Å². The summed E-state index contributed by atoms with van der Waals surface area (Å²) in [5.41, 5.74) is 2.01. The van der Waals surface area contributed by atoms with Gasteiger partial charge in [0.15, 0.2) is 0 Å². The van der Waals surface area contributed by atoms with Crippen molar-refractivity contribution < 1.29 is 4.79 Å². The summed E-state index contributed by atoms with van der Waals surface area (Å²) >= 11 is 0. The fourth-order valence-electron chi connectivity index (χ4n) is 2.42. The van der Waals surface area contributed by atoms with Gasteiger partial charge < -0.3 is 15.5 Å². The lowest BCUT2D eigenvalue weighted by Crippen LogP contribution is -2.32. The van der Waals surface area contributed by atoms with Crippen molar-refractivity contribution >= 4 is 17.3 Å². The van der Waals surface area contributed by atoms with Gasteiger partial charge in [-0.1, -0.05) is 0 Å². The number of benzene rings is 1. The maximum absolute atomic E-state index is 12.0. The Morgan fingerprint density at radius 1 is 1.37 bits per heavy atom. The smallest absolute Gasteiger partial charge is 0.224 e. The van der Waals surface area contributed by atoms with Crippen LogP contribution in [0, 0.1) is 5.92 Å². The molecule has 1 aliphatic heterocycles. The average Bonchev–Trinajstić information content (AvgIpc) is 2.40. The minimum atomic E-state index is 0.117. The van der Waals surface area contributed by atoms with E-state index in [1.54, 1.807) is 0 Å².